The predicted molar refractivity (Wildman–Crippen MR) is 80.7 cm³/mol. The van der Waals surface area contributed by atoms with Gasteiger partial charge in [0.1, 0.15) is 11.4 Å². The molecule has 0 amide bonds. The van der Waals surface area contributed by atoms with Crippen LogP contribution in [0.4, 0.5) is 0 Å². The molecule has 0 aliphatic heterocycles. The molecule has 22 heavy (non-hydrogen) atoms. The lowest BCUT2D eigenvalue weighted by molar-refractivity contribution is 0.0317. The maximum atomic E-state index is 12.2. The maximum Gasteiger partial charge on any atom is 0.344 e. The molecule has 1 unspecified atom stereocenters. The fraction of sp³-hybridized carbons (Fsp3) is 0.188. The first-order chi connectivity index (χ1) is 10.7. The number of benzene rings is 1. The van der Waals surface area contributed by atoms with E-state index in [1.807, 2.05) is 24.3 Å². The third-order valence-electron chi connectivity index (χ3n) is 3.26. The van der Waals surface area contributed by atoms with Gasteiger partial charge in [0.2, 0.25) is 5.88 Å². The van der Waals surface area contributed by atoms with Crippen molar-refractivity contribution in [2.45, 2.75) is 13.0 Å². The molecule has 0 fully saturated rings. The van der Waals surface area contributed by atoms with Gasteiger partial charge in [0, 0.05) is 6.20 Å². The normalized spacial score (nSPS) is 12.1. The van der Waals surface area contributed by atoms with E-state index in [2.05, 4.69) is 15.0 Å². The van der Waals surface area contributed by atoms with Gasteiger partial charge in [-0.2, -0.15) is 0 Å². The van der Waals surface area contributed by atoms with Crippen LogP contribution in [0.1, 0.15) is 29.2 Å². The number of rotatable bonds is 4. The van der Waals surface area contributed by atoms with Gasteiger partial charge >= 0.3 is 5.97 Å². The van der Waals surface area contributed by atoms with Crippen molar-refractivity contribution in [2.24, 2.45) is 0 Å². The molecule has 6 heteroatoms. The van der Waals surface area contributed by atoms with Crippen molar-refractivity contribution in [1.29, 1.82) is 0 Å². The number of ether oxygens (including phenoxy) is 2. The van der Waals surface area contributed by atoms with Crippen molar-refractivity contribution in [3.8, 4) is 5.88 Å². The number of aromatic amines is 1. The van der Waals surface area contributed by atoms with Crippen LogP contribution in [0.5, 0.6) is 5.88 Å². The van der Waals surface area contributed by atoms with Gasteiger partial charge in [0.05, 0.1) is 18.1 Å². The van der Waals surface area contributed by atoms with Gasteiger partial charge in [-0.1, -0.05) is 12.1 Å². The van der Waals surface area contributed by atoms with Crippen molar-refractivity contribution >= 4 is 17.0 Å². The first kappa shape index (κ1) is 14.1. The van der Waals surface area contributed by atoms with Crippen LogP contribution in [-0.4, -0.2) is 28.0 Å². The molecule has 112 valence electrons. The second kappa shape index (κ2) is 5.85. The number of hydrogen-bond acceptors (Lipinski definition) is 5. The summed E-state index contributed by atoms with van der Waals surface area (Å²) in [5, 5.41) is 0. The number of nitrogens with one attached hydrogen (secondary N) is 1. The number of H-pyrrole nitrogens is 1. The SMILES string of the molecule is COc1ncccc1C(=O)OC(C)c1nc2ccccc2[nH]1. The zero-order chi connectivity index (χ0) is 15.5. The molecule has 0 saturated carbocycles. The van der Waals surface area contributed by atoms with Crippen molar-refractivity contribution in [1.82, 2.24) is 15.0 Å². The molecule has 0 radical (unpaired) electrons. The number of fused-ring (bicyclic) bond motifs is 1. The smallest absolute Gasteiger partial charge is 0.344 e. The van der Waals surface area contributed by atoms with E-state index in [-0.39, 0.29) is 11.4 Å². The van der Waals surface area contributed by atoms with Gasteiger partial charge in [-0.25, -0.2) is 14.8 Å². The Morgan fingerprint density at radius 1 is 1.23 bits per heavy atom. The summed E-state index contributed by atoms with van der Waals surface area (Å²) in [5.74, 6) is 0.333. The van der Waals surface area contributed by atoms with Crippen LogP contribution >= 0.6 is 0 Å². The fourth-order valence-electron chi connectivity index (χ4n) is 2.15. The molecular formula is C16H15N3O3. The molecule has 0 spiro atoms. The molecule has 1 N–H and O–H groups in total. The minimum Gasteiger partial charge on any atom is -0.480 e. The predicted octanol–water partition coefficient (Wildman–Crippen LogP) is 2.88. The summed E-state index contributed by atoms with van der Waals surface area (Å²) in [6.45, 7) is 1.76. The summed E-state index contributed by atoms with van der Waals surface area (Å²) in [5.41, 5.74) is 2.02. The highest BCUT2D eigenvalue weighted by atomic mass is 16.5. The fourth-order valence-corrected chi connectivity index (χ4v) is 2.15. The van der Waals surface area contributed by atoms with Crippen LogP contribution in [0, 0.1) is 0 Å². The van der Waals surface area contributed by atoms with E-state index in [1.165, 1.54) is 7.11 Å². The monoisotopic (exact) mass is 297 g/mol. The lowest BCUT2D eigenvalue weighted by Gasteiger charge is -2.12. The average molecular weight is 297 g/mol. The van der Waals surface area contributed by atoms with E-state index in [0.29, 0.717) is 5.82 Å². The van der Waals surface area contributed by atoms with Crippen molar-refractivity contribution in [3.63, 3.8) is 0 Å². The zero-order valence-electron chi connectivity index (χ0n) is 12.2. The maximum absolute atomic E-state index is 12.2. The number of carbonyl (C=O) groups excluding carboxylic acids is 1. The minimum atomic E-state index is -0.509. The highest BCUT2D eigenvalue weighted by Crippen LogP contribution is 2.22. The van der Waals surface area contributed by atoms with Crippen LogP contribution in [0.25, 0.3) is 11.0 Å². The molecule has 1 atom stereocenters. The lowest BCUT2D eigenvalue weighted by Crippen LogP contribution is -2.12. The molecule has 3 rings (SSSR count). The molecule has 2 aromatic heterocycles. The molecule has 0 saturated heterocycles. The van der Waals surface area contributed by atoms with Gasteiger partial charge < -0.3 is 14.5 Å². The first-order valence-corrected chi connectivity index (χ1v) is 6.83. The third-order valence-corrected chi connectivity index (χ3v) is 3.26. The number of pyridine rings is 1. The van der Waals surface area contributed by atoms with Crippen LogP contribution in [0.3, 0.4) is 0 Å². The summed E-state index contributed by atoms with van der Waals surface area (Å²) in [6.07, 6.45) is 1.04. The molecule has 2 heterocycles. The largest absolute Gasteiger partial charge is 0.480 e. The Labute approximate surface area is 127 Å². The highest BCUT2D eigenvalue weighted by Gasteiger charge is 2.20. The summed E-state index contributed by atoms with van der Waals surface area (Å²) in [6, 6.07) is 10.9. The summed E-state index contributed by atoms with van der Waals surface area (Å²) in [4.78, 5) is 23.8. The Morgan fingerprint density at radius 2 is 2.05 bits per heavy atom. The van der Waals surface area contributed by atoms with Crippen LogP contribution < -0.4 is 4.74 Å². The number of esters is 1. The van der Waals surface area contributed by atoms with Gasteiger partial charge in [-0.3, -0.25) is 0 Å². The summed E-state index contributed by atoms with van der Waals surface area (Å²) < 4.78 is 10.5. The van der Waals surface area contributed by atoms with E-state index in [4.69, 9.17) is 9.47 Å². The van der Waals surface area contributed by atoms with Gasteiger partial charge in [-0.15, -0.1) is 0 Å². The van der Waals surface area contributed by atoms with Crippen molar-refractivity contribution in [3.05, 3.63) is 54.0 Å². The molecular weight excluding hydrogens is 282 g/mol. The first-order valence-electron chi connectivity index (χ1n) is 6.83. The average Bonchev–Trinajstić information content (AvgIpc) is 2.99. The number of imidazole rings is 1. The second-order valence-electron chi connectivity index (χ2n) is 4.75. The number of para-hydroxylation sites is 2. The molecule has 3 aromatic rings. The topological polar surface area (TPSA) is 77.1 Å². The Bertz CT molecular complexity index is 780. The second-order valence-corrected chi connectivity index (χ2v) is 4.75. The van der Waals surface area contributed by atoms with Gasteiger partial charge in [-0.05, 0) is 31.2 Å². The van der Waals surface area contributed by atoms with E-state index < -0.39 is 12.1 Å². The molecule has 6 nitrogen and oxygen atoms in total. The van der Waals surface area contributed by atoms with E-state index in [9.17, 15) is 4.79 Å². The standard InChI is InChI=1S/C16H15N3O3/c1-10(14-18-12-7-3-4-8-13(12)19-14)22-16(20)11-6-5-9-17-15(11)21-2/h3-10H,1-2H3,(H,18,19). The summed E-state index contributed by atoms with van der Waals surface area (Å²) in [7, 11) is 1.46. The number of methoxy groups -OCH3 is 1. The Morgan fingerprint density at radius 3 is 2.82 bits per heavy atom. The van der Waals surface area contributed by atoms with E-state index in [1.54, 1.807) is 25.3 Å². The lowest BCUT2D eigenvalue weighted by atomic mass is 10.2. The van der Waals surface area contributed by atoms with Crippen LogP contribution in [0.15, 0.2) is 42.6 Å². The molecule has 0 aliphatic carbocycles. The zero-order valence-corrected chi connectivity index (χ0v) is 12.2. The number of aromatic nitrogens is 3. The van der Waals surface area contributed by atoms with Crippen LogP contribution in [0.2, 0.25) is 0 Å². The van der Waals surface area contributed by atoms with Crippen LogP contribution in [-0.2, 0) is 4.74 Å². The Kier molecular flexibility index (Phi) is 3.74. The Balaban J connectivity index is 1.81. The van der Waals surface area contributed by atoms with E-state index in [0.717, 1.165) is 11.0 Å². The minimum absolute atomic E-state index is 0.240. The van der Waals surface area contributed by atoms with Gasteiger partial charge in [0.15, 0.2) is 6.10 Å². The van der Waals surface area contributed by atoms with Crippen molar-refractivity contribution in [2.75, 3.05) is 7.11 Å². The summed E-state index contributed by atoms with van der Waals surface area (Å²) >= 11 is 0. The number of carbonyl (C=O) groups is 1. The third kappa shape index (κ3) is 2.63. The highest BCUT2D eigenvalue weighted by molar-refractivity contribution is 5.91. The Hall–Kier alpha value is -2.89. The number of nitrogens with zero attached hydrogens (tertiary/aromatic N) is 2. The van der Waals surface area contributed by atoms with E-state index >= 15 is 0 Å². The molecule has 0 bridgehead atoms. The number of hydrogen-bond donors (Lipinski definition) is 1. The molecule has 0 aliphatic rings. The molecule has 1 aromatic carbocycles. The van der Waals surface area contributed by atoms with Crippen molar-refractivity contribution < 1.29 is 14.3 Å². The quantitative estimate of drug-likeness (QED) is 0.749. The van der Waals surface area contributed by atoms with Gasteiger partial charge in [0.25, 0.3) is 0 Å².